The third kappa shape index (κ3) is 3.07. The molecule has 0 aliphatic heterocycles. The summed E-state index contributed by atoms with van der Waals surface area (Å²) in [6.07, 6.45) is 1.23. The molecule has 0 aliphatic carbocycles. The van der Waals surface area contributed by atoms with Crippen molar-refractivity contribution >= 4 is 12.2 Å². The third-order valence-corrected chi connectivity index (χ3v) is 1.79. The normalized spacial score (nSPS) is 12.9. The van der Waals surface area contributed by atoms with Crippen LogP contribution in [-0.2, 0) is 4.79 Å². The number of aliphatic carboxylic acids is 1. The molecule has 5 heteroatoms. The van der Waals surface area contributed by atoms with Crippen LogP contribution in [0.3, 0.4) is 0 Å². The molecule has 0 fully saturated rings. The lowest BCUT2D eigenvalue weighted by atomic mass is 10.2. The Morgan fingerprint density at radius 2 is 2.13 bits per heavy atom. The number of nitrogens with zero attached hydrogens (tertiary/aromatic N) is 1. The highest BCUT2D eigenvalue weighted by Gasteiger charge is 2.13. The maximum atomic E-state index is 10.5. The molecule has 15 heavy (non-hydrogen) atoms. The van der Waals surface area contributed by atoms with E-state index >= 15 is 0 Å². The maximum Gasteiger partial charge on any atom is 0.330 e. The zero-order chi connectivity index (χ0) is 11.3. The number of rotatable bonds is 4. The fourth-order valence-electron chi connectivity index (χ4n) is 0.956. The average Bonchev–Trinajstić information content (AvgIpc) is 2.21. The fourth-order valence-corrected chi connectivity index (χ4v) is 0.956. The molecule has 0 saturated heterocycles. The van der Waals surface area contributed by atoms with Crippen LogP contribution in [0.15, 0.2) is 29.3 Å². The molecule has 3 N–H and O–H groups in total. The summed E-state index contributed by atoms with van der Waals surface area (Å²) in [4.78, 5) is 14.1. The van der Waals surface area contributed by atoms with Crippen LogP contribution in [-0.4, -0.2) is 40.2 Å². The van der Waals surface area contributed by atoms with Gasteiger partial charge in [0.25, 0.3) is 0 Å². The number of phenols is 1. The largest absolute Gasteiger partial charge is 0.507 e. The van der Waals surface area contributed by atoms with Gasteiger partial charge in [-0.05, 0) is 12.1 Å². The fraction of sp³-hybridized carbons (Fsp3) is 0.200. The number of aliphatic hydroxyl groups is 1. The minimum Gasteiger partial charge on any atom is -0.507 e. The zero-order valence-electron chi connectivity index (χ0n) is 7.87. The number of carboxylic acid groups (broad SMARTS) is 1. The average molecular weight is 209 g/mol. The monoisotopic (exact) mass is 209 g/mol. The van der Waals surface area contributed by atoms with Crippen LogP contribution in [0, 0.1) is 0 Å². The number of aliphatic hydroxyl groups excluding tert-OH is 1. The number of para-hydroxylation sites is 1. The van der Waals surface area contributed by atoms with Crippen LogP contribution >= 0.6 is 0 Å². The number of hydrogen-bond acceptors (Lipinski definition) is 4. The SMILES string of the molecule is O=C(O)[C@@H](CO)N=Cc1ccccc1O. The molecule has 0 radical (unpaired) electrons. The summed E-state index contributed by atoms with van der Waals surface area (Å²) in [7, 11) is 0. The van der Waals surface area contributed by atoms with Crippen molar-refractivity contribution in [3.8, 4) is 5.75 Å². The summed E-state index contributed by atoms with van der Waals surface area (Å²) < 4.78 is 0. The number of carbonyl (C=O) groups is 1. The van der Waals surface area contributed by atoms with Gasteiger partial charge < -0.3 is 15.3 Å². The van der Waals surface area contributed by atoms with Crippen LogP contribution in [0.4, 0.5) is 0 Å². The van der Waals surface area contributed by atoms with E-state index < -0.39 is 18.6 Å². The van der Waals surface area contributed by atoms with E-state index in [-0.39, 0.29) is 5.75 Å². The summed E-state index contributed by atoms with van der Waals surface area (Å²) in [5.74, 6) is -1.19. The first-order valence-electron chi connectivity index (χ1n) is 4.30. The van der Waals surface area contributed by atoms with Crippen molar-refractivity contribution < 1.29 is 20.1 Å². The van der Waals surface area contributed by atoms with E-state index in [9.17, 15) is 9.90 Å². The Bertz CT molecular complexity index is 375. The van der Waals surface area contributed by atoms with E-state index in [1.54, 1.807) is 18.2 Å². The Balaban J connectivity index is 2.81. The first-order valence-corrected chi connectivity index (χ1v) is 4.30. The minimum absolute atomic E-state index is 0.0170. The lowest BCUT2D eigenvalue weighted by Gasteiger charge is -2.02. The van der Waals surface area contributed by atoms with Gasteiger partial charge in [0.1, 0.15) is 5.75 Å². The van der Waals surface area contributed by atoms with Crippen LogP contribution in [0.2, 0.25) is 0 Å². The highest BCUT2D eigenvalue weighted by Crippen LogP contribution is 2.12. The molecule has 0 saturated carbocycles. The highest BCUT2D eigenvalue weighted by atomic mass is 16.4. The molecule has 0 heterocycles. The van der Waals surface area contributed by atoms with Gasteiger partial charge in [0.15, 0.2) is 6.04 Å². The molecule has 0 aromatic heterocycles. The van der Waals surface area contributed by atoms with E-state index in [0.717, 1.165) is 0 Å². The first-order chi connectivity index (χ1) is 7.15. The van der Waals surface area contributed by atoms with Crippen LogP contribution in [0.5, 0.6) is 5.75 Å². The molecule has 1 aromatic rings. The Morgan fingerprint density at radius 1 is 1.47 bits per heavy atom. The molecule has 80 valence electrons. The van der Waals surface area contributed by atoms with Gasteiger partial charge in [0, 0.05) is 11.8 Å². The summed E-state index contributed by atoms with van der Waals surface area (Å²) in [5.41, 5.74) is 0.414. The van der Waals surface area contributed by atoms with E-state index in [0.29, 0.717) is 5.56 Å². The standard InChI is InChI=1S/C10H11NO4/c12-6-8(10(14)15)11-5-7-3-1-2-4-9(7)13/h1-5,8,12-13H,6H2,(H,14,15)/t8-/m1/s1. The van der Waals surface area contributed by atoms with Crippen LogP contribution < -0.4 is 0 Å². The van der Waals surface area contributed by atoms with E-state index in [2.05, 4.69) is 4.99 Å². The van der Waals surface area contributed by atoms with Gasteiger partial charge in [0.05, 0.1) is 6.61 Å². The van der Waals surface area contributed by atoms with Crippen LogP contribution in [0.25, 0.3) is 0 Å². The summed E-state index contributed by atoms with van der Waals surface area (Å²) in [6.45, 7) is -0.570. The number of aromatic hydroxyl groups is 1. The van der Waals surface area contributed by atoms with Gasteiger partial charge in [-0.3, -0.25) is 4.99 Å². The van der Waals surface area contributed by atoms with Gasteiger partial charge in [-0.2, -0.15) is 0 Å². The topological polar surface area (TPSA) is 90.1 Å². The van der Waals surface area contributed by atoms with Crippen molar-refractivity contribution in [1.82, 2.24) is 0 Å². The molecule has 0 spiro atoms. The van der Waals surface area contributed by atoms with Crippen molar-refractivity contribution in [2.75, 3.05) is 6.61 Å². The molecular formula is C10H11NO4. The van der Waals surface area contributed by atoms with Crippen molar-refractivity contribution in [3.05, 3.63) is 29.8 Å². The van der Waals surface area contributed by atoms with Crippen molar-refractivity contribution in [2.24, 2.45) is 4.99 Å². The van der Waals surface area contributed by atoms with Gasteiger partial charge in [-0.25, -0.2) is 4.79 Å². The number of hydrogen-bond donors (Lipinski definition) is 3. The highest BCUT2D eigenvalue weighted by molar-refractivity contribution is 5.85. The van der Waals surface area contributed by atoms with Gasteiger partial charge in [-0.1, -0.05) is 12.1 Å². The number of benzene rings is 1. The van der Waals surface area contributed by atoms with Crippen molar-refractivity contribution in [2.45, 2.75) is 6.04 Å². The van der Waals surface area contributed by atoms with E-state index in [1.807, 2.05) is 0 Å². The molecule has 0 aliphatic rings. The van der Waals surface area contributed by atoms with Crippen molar-refractivity contribution in [1.29, 1.82) is 0 Å². The van der Waals surface area contributed by atoms with Crippen LogP contribution in [0.1, 0.15) is 5.56 Å². The second-order valence-electron chi connectivity index (χ2n) is 2.87. The quantitative estimate of drug-likeness (QED) is 0.620. The van der Waals surface area contributed by atoms with E-state index in [4.69, 9.17) is 10.2 Å². The molecule has 0 amide bonds. The Hall–Kier alpha value is -1.88. The number of carboxylic acids is 1. The predicted molar refractivity (Wildman–Crippen MR) is 54.2 cm³/mol. The summed E-state index contributed by atoms with van der Waals surface area (Å²) in [6, 6.07) is 5.21. The second kappa shape index (κ2) is 5.11. The van der Waals surface area contributed by atoms with Gasteiger partial charge in [0.2, 0.25) is 0 Å². The number of phenolic OH excluding ortho intramolecular Hbond substituents is 1. The molecule has 1 aromatic carbocycles. The van der Waals surface area contributed by atoms with Gasteiger partial charge >= 0.3 is 5.97 Å². The summed E-state index contributed by atoms with van der Waals surface area (Å²) >= 11 is 0. The maximum absolute atomic E-state index is 10.5. The lowest BCUT2D eigenvalue weighted by Crippen LogP contribution is -2.22. The lowest BCUT2D eigenvalue weighted by molar-refractivity contribution is -0.139. The molecule has 0 unspecified atom stereocenters. The molecular weight excluding hydrogens is 198 g/mol. The first kappa shape index (κ1) is 11.2. The number of aliphatic imine (C=N–C) groups is 1. The third-order valence-electron chi connectivity index (χ3n) is 1.79. The molecule has 0 bridgehead atoms. The van der Waals surface area contributed by atoms with Crippen molar-refractivity contribution in [3.63, 3.8) is 0 Å². The van der Waals surface area contributed by atoms with Gasteiger partial charge in [-0.15, -0.1) is 0 Å². The molecule has 1 atom stereocenters. The molecule has 1 rings (SSSR count). The summed E-state index contributed by atoms with van der Waals surface area (Å²) in [5, 5.41) is 26.6. The second-order valence-corrected chi connectivity index (χ2v) is 2.87. The zero-order valence-corrected chi connectivity index (χ0v) is 7.87. The van der Waals surface area contributed by atoms with E-state index in [1.165, 1.54) is 12.3 Å². The Kier molecular flexibility index (Phi) is 3.82. The molecule has 5 nitrogen and oxygen atoms in total. The minimum atomic E-state index is -1.20. The Morgan fingerprint density at radius 3 is 2.67 bits per heavy atom. The smallest absolute Gasteiger partial charge is 0.330 e. The predicted octanol–water partition coefficient (Wildman–Crippen LogP) is 0.257. The Labute approximate surface area is 86.3 Å².